The predicted octanol–water partition coefficient (Wildman–Crippen LogP) is 1.02. The van der Waals surface area contributed by atoms with Gasteiger partial charge in [-0.25, -0.2) is 8.42 Å². The van der Waals surface area contributed by atoms with Gasteiger partial charge in [0.05, 0.1) is 22.3 Å². The minimum absolute atomic E-state index is 0.0956. The lowest BCUT2D eigenvalue weighted by atomic mass is 10.1. The molecule has 114 valence electrons. The number of nitrogens with zero attached hydrogens (tertiary/aromatic N) is 2. The Kier molecular flexibility index (Phi) is 5.34. The molecule has 1 aromatic rings. The van der Waals surface area contributed by atoms with Crippen molar-refractivity contribution in [3.05, 3.63) is 29.8 Å². The number of likely N-dealkylation sites (N-methyl/N-ethyl adjacent to an activating group) is 1. The molecular weight excluding hydrogens is 286 g/mol. The van der Waals surface area contributed by atoms with Gasteiger partial charge in [-0.2, -0.15) is 5.26 Å². The molecule has 1 heterocycles. The Labute approximate surface area is 126 Å². The summed E-state index contributed by atoms with van der Waals surface area (Å²) in [5.74, 6) is 0.0956. The number of sulfone groups is 1. The lowest BCUT2D eigenvalue weighted by molar-refractivity contribution is 0.205. The quantitative estimate of drug-likeness (QED) is 0.879. The van der Waals surface area contributed by atoms with Crippen LogP contribution in [0.2, 0.25) is 0 Å². The SMILES string of the molecule is CNC1CCCN(CCS(=O)(=O)c2cccc(C#N)c2)C1. The first-order valence-electron chi connectivity index (χ1n) is 7.17. The van der Waals surface area contributed by atoms with Gasteiger partial charge in [0.1, 0.15) is 0 Å². The molecule has 0 aromatic heterocycles. The summed E-state index contributed by atoms with van der Waals surface area (Å²) in [5.41, 5.74) is 0.379. The lowest BCUT2D eigenvalue weighted by Crippen LogP contribution is -2.45. The van der Waals surface area contributed by atoms with E-state index in [2.05, 4.69) is 10.2 Å². The molecule has 2 rings (SSSR count). The van der Waals surface area contributed by atoms with Crippen molar-refractivity contribution in [2.45, 2.75) is 23.8 Å². The third-order valence-electron chi connectivity index (χ3n) is 3.91. The molecule has 1 unspecified atom stereocenters. The van der Waals surface area contributed by atoms with E-state index in [1.807, 2.05) is 13.1 Å². The Morgan fingerprint density at radius 2 is 2.29 bits per heavy atom. The largest absolute Gasteiger partial charge is 0.316 e. The number of nitrogens with one attached hydrogen (secondary N) is 1. The molecule has 21 heavy (non-hydrogen) atoms. The highest BCUT2D eigenvalue weighted by atomic mass is 32.2. The van der Waals surface area contributed by atoms with E-state index in [-0.39, 0.29) is 10.6 Å². The van der Waals surface area contributed by atoms with Crippen molar-refractivity contribution in [2.75, 3.05) is 32.4 Å². The number of rotatable bonds is 5. The molecule has 6 heteroatoms. The molecule has 0 amide bonds. The van der Waals surface area contributed by atoms with Gasteiger partial charge in [-0.1, -0.05) is 6.07 Å². The van der Waals surface area contributed by atoms with Crippen LogP contribution in [0.4, 0.5) is 0 Å². The normalized spacial score (nSPS) is 20.1. The van der Waals surface area contributed by atoms with Crippen LogP contribution in [-0.4, -0.2) is 51.8 Å². The zero-order valence-electron chi connectivity index (χ0n) is 12.2. The van der Waals surface area contributed by atoms with E-state index in [9.17, 15) is 8.42 Å². The molecule has 1 atom stereocenters. The first kappa shape index (κ1) is 16.0. The molecule has 0 saturated carbocycles. The molecule has 1 aromatic carbocycles. The van der Waals surface area contributed by atoms with Gasteiger partial charge in [-0.3, -0.25) is 0 Å². The Morgan fingerprint density at radius 3 is 3.00 bits per heavy atom. The summed E-state index contributed by atoms with van der Waals surface area (Å²) in [4.78, 5) is 2.43. The zero-order valence-corrected chi connectivity index (χ0v) is 13.1. The molecule has 0 bridgehead atoms. The molecule has 1 saturated heterocycles. The summed E-state index contributed by atoms with van der Waals surface area (Å²) in [6.45, 7) is 2.38. The van der Waals surface area contributed by atoms with Crippen molar-refractivity contribution in [1.29, 1.82) is 5.26 Å². The molecule has 1 aliphatic rings. The molecule has 1 N–H and O–H groups in total. The van der Waals surface area contributed by atoms with E-state index >= 15 is 0 Å². The van der Waals surface area contributed by atoms with E-state index in [1.165, 1.54) is 6.07 Å². The van der Waals surface area contributed by atoms with E-state index in [0.717, 1.165) is 25.9 Å². The van der Waals surface area contributed by atoms with Gasteiger partial charge in [0.25, 0.3) is 0 Å². The second-order valence-electron chi connectivity index (χ2n) is 5.39. The highest BCUT2D eigenvalue weighted by Crippen LogP contribution is 2.15. The zero-order chi connectivity index (χ0) is 15.3. The van der Waals surface area contributed by atoms with Gasteiger partial charge in [-0.05, 0) is 44.6 Å². The van der Waals surface area contributed by atoms with Crippen LogP contribution in [0.25, 0.3) is 0 Å². The smallest absolute Gasteiger partial charge is 0.179 e. The number of piperidine rings is 1. The monoisotopic (exact) mass is 307 g/mol. The third-order valence-corrected chi connectivity index (χ3v) is 5.60. The molecule has 0 aliphatic carbocycles. The van der Waals surface area contributed by atoms with Crippen molar-refractivity contribution < 1.29 is 8.42 Å². The first-order valence-corrected chi connectivity index (χ1v) is 8.83. The van der Waals surface area contributed by atoms with Gasteiger partial charge in [-0.15, -0.1) is 0 Å². The van der Waals surface area contributed by atoms with Crippen LogP contribution < -0.4 is 5.32 Å². The number of nitriles is 1. The van der Waals surface area contributed by atoms with Crippen molar-refractivity contribution >= 4 is 9.84 Å². The third kappa shape index (κ3) is 4.27. The van der Waals surface area contributed by atoms with Crippen molar-refractivity contribution in [1.82, 2.24) is 10.2 Å². The predicted molar refractivity (Wildman–Crippen MR) is 81.7 cm³/mol. The molecular formula is C15H21N3O2S. The standard InChI is InChI=1S/C15H21N3O2S/c1-17-14-5-3-7-18(12-14)8-9-21(19,20)15-6-2-4-13(10-15)11-16/h2,4,6,10,14,17H,3,5,7-9,12H2,1H3. The summed E-state index contributed by atoms with van der Waals surface area (Å²) in [6, 6.07) is 8.65. The molecule has 0 radical (unpaired) electrons. The van der Waals surface area contributed by atoms with Crippen LogP contribution in [0.1, 0.15) is 18.4 Å². The Hall–Kier alpha value is -1.42. The maximum Gasteiger partial charge on any atom is 0.179 e. The fraction of sp³-hybridized carbons (Fsp3) is 0.533. The van der Waals surface area contributed by atoms with Gasteiger partial charge in [0, 0.05) is 19.1 Å². The van der Waals surface area contributed by atoms with Crippen LogP contribution in [0.15, 0.2) is 29.2 Å². The number of hydrogen-bond acceptors (Lipinski definition) is 5. The second-order valence-corrected chi connectivity index (χ2v) is 7.50. The summed E-state index contributed by atoms with van der Waals surface area (Å²) >= 11 is 0. The summed E-state index contributed by atoms with van der Waals surface area (Å²) < 4.78 is 24.7. The maximum absolute atomic E-state index is 12.3. The van der Waals surface area contributed by atoms with Gasteiger partial charge < -0.3 is 10.2 Å². The molecule has 5 nitrogen and oxygen atoms in total. The van der Waals surface area contributed by atoms with Crippen LogP contribution in [-0.2, 0) is 9.84 Å². The topological polar surface area (TPSA) is 73.2 Å². The Balaban J connectivity index is 1.99. The summed E-state index contributed by atoms with van der Waals surface area (Å²) in [6.07, 6.45) is 2.24. The van der Waals surface area contributed by atoms with Gasteiger partial charge in [0.15, 0.2) is 9.84 Å². The average molecular weight is 307 g/mol. The highest BCUT2D eigenvalue weighted by molar-refractivity contribution is 7.91. The second kappa shape index (κ2) is 7.03. The van der Waals surface area contributed by atoms with Crippen molar-refractivity contribution in [2.24, 2.45) is 0 Å². The lowest BCUT2D eigenvalue weighted by Gasteiger charge is -2.32. The minimum Gasteiger partial charge on any atom is -0.316 e. The van der Waals surface area contributed by atoms with Crippen LogP contribution >= 0.6 is 0 Å². The van der Waals surface area contributed by atoms with Crippen LogP contribution in [0.5, 0.6) is 0 Å². The van der Waals surface area contributed by atoms with Crippen LogP contribution in [0.3, 0.4) is 0 Å². The number of hydrogen-bond donors (Lipinski definition) is 1. The van der Waals surface area contributed by atoms with E-state index < -0.39 is 9.84 Å². The van der Waals surface area contributed by atoms with E-state index in [1.54, 1.807) is 18.2 Å². The number of benzene rings is 1. The van der Waals surface area contributed by atoms with Crippen molar-refractivity contribution in [3.8, 4) is 6.07 Å². The van der Waals surface area contributed by atoms with Gasteiger partial charge in [0.2, 0.25) is 0 Å². The van der Waals surface area contributed by atoms with E-state index in [0.29, 0.717) is 18.2 Å². The Bertz CT molecular complexity index is 622. The van der Waals surface area contributed by atoms with E-state index in [4.69, 9.17) is 5.26 Å². The summed E-state index contributed by atoms with van der Waals surface area (Å²) in [7, 11) is -1.39. The van der Waals surface area contributed by atoms with Gasteiger partial charge >= 0.3 is 0 Å². The molecule has 0 spiro atoms. The van der Waals surface area contributed by atoms with Crippen LogP contribution in [0, 0.1) is 11.3 Å². The molecule has 1 aliphatic heterocycles. The highest BCUT2D eigenvalue weighted by Gasteiger charge is 2.21. The Morgan fingerprint density at radius 1 is 1.48 bits per heavy atom. The van der Waals surface area contributed by atoms with Crippen molar-refractivity contribution in [3.63, 3.8) is 0 Å². The number of likely N-dealkylation sites (tertiary alicyclic amines) is 1. The fourth-order valence-electron chi connectivity index (χ4n) is 2.62. The fourth-order valence-corrected chi connectivity index (χ4v) is 3.95. The summed E-state index contributed by atoms with van der Waals surface area (Å²) in [5, 5.41) is 12.1. The molecule has 1 fully saturated rings. The first-order chi connectivity index (χ1) is 10.0. The average Bonchev–Trinajstić information content (AvgIpc) is 2.53. The minimum atomic E-state index is -3.33. The maximum atomic E-state index is 12.3.